The Morgan fingerprint density at radius 3 is 1.81 bits per heavy atom. The lowest BCUT2D eigenvalue weighted by Gasteiger charge is -2.22. The van der Waals surface area contributed by atoms with Crippen LogP contribution in [-0.2, 0) is 6.42 Å². The van der Waals surface area contributed by atoms with Crippen LogP contribution < -0.4 is 11.5 Å². The van der Waals surface area contributed by atoms with Gasteiger partial charge < -0.3 is 31.9 Å². The molecule has 4 aromatic rings. The molecule has 8 N–H and O–H groups in total. The van der Waals surface area contributed by atoms with E-state index in [1.54, 1.807) is 24.3 Å². The van der Waals surface area contributed by atoms with Crippen LogP contribution in [0.3, 0.4) is 0 Å². The molecular formula is C29H24N2O6. The van der Waals surface area contributed by atoms with Crippen molar-refractivity contribution in [1.82, 2.24) is 0 Å². The molecule has 1 aliphatic carbocycles. The van der Waals surface area contributed by atoms with Gasteiger partial charge in [-0.1, -0.05) is 12.1 Å². The van der Waals surface area contributed by atoms with Gasteiger partial charge in [-0.2, -0.15) is 0 Å². The minimum Gasteiger partial charge on any atom is -0.506 e. The van der Waals surface area contributed by atoms with Crippen molar-refractivity contribution >= 4 is 23.3 Å². The second-order valence-corrected chi connectivity index (χ2v) is 9.27. The second kappa shape index (κ2) is 8.30. The summed E-state index contributed by atoms with van der Waals surface area (Å²) in [5, 5.41) is 40.1. The predicted octanol–water partition coefficient (Wildman–Crippen LogP) is 5.18. The molecule has 0 aromatic heterocycles. The van der Waals surface area contributed by atoms with Gasteiger partial charge in [0.25, 0.3) is 0 Å². The average molecular weight is 497 g/mol. The zero-order chi connectivity index (χ0) is 26.8. The number of aromatic carboxylic acids is 2. The van der Waals surface area contributed by atoms with Gasteiger partial charge in [0.1, 0.15) is 11.5 Å². The molecule has 0 amide bonds. The number of carbonyl (C=O) groups is 2. The van der Waals surface area contributed by atoms with Crippen molar-refractivity contribution in [3.8, 4) is 44.9 Å². The Balaban J connectivity index is 1.96. The van der Waals surface area contributed by atoms with E-state index in [1.165, 1.54) is 24.3 Å². The fourth-order valence-corrected chi connectivity index (χ4v) is 5.44. The highest BCUT2D eigenvalue weighted by Crippen LogP contribution is 2.51. The number of hydrogen-bond donors (Lipinski definition) is 6. The van der Waals surface area contributed by atoms with Crippen molar-refractivity contribution in [2.45, 2.75) is 20.3 Å². The van der Waals surface area contributed by atoms with Crippen molar-refractivity contribution in [2.75, 3.05) is 11.5 Å². The topological polar surface area (TPSA) is 167 Å². The van der Waals surface area contributed by atoms with Crippen LogP contribution >= 0.6 is 0 Å². The van der Waals surface area contributed by atoms with Gasteiger partial charge >= 0.3 is 11.9 Å². The van der Waals surface area contributed by atoms with Gasteiger partial charge in [0.05, 0.1) is 22.5 Å². The fourth-order valence-electron chi connectivity index (χ4n) is 5.44. The molecule has 0 fully saturated rings. The summed E-state index contributed by atoms with van der Waals surface area (Å²) in [6.45, 7) is 3.67. The normalized spacial score (nSPS) is 11.7. The molecule has 0 aliphatic heterocycles. The molecule has 0 atom stereocenters. The number of nitrogen functional groups attached to an aromatic ring is 2. The van der Waals surface area contributed by atoms with Crippen LogP contribution in [0.1, 0.15) is 43.0 Å². The average Bonchev–Trinajstić information content (AvgIpc) is 3.23. The molecule has 8 nitrogen and oxygen atoms in total. The molecule has 37 heavy (non-hydrogen) atoms. The van der Waals surface area contributed by atoms with E-state index in [0.717, 1.165) is 27.8 Å². The number of benzene rings is 4. The summed E-state index contributed by atoms with van der Waals surface area (Å²) in [5.41, 5.74) is 18.9. The highest BCUT2D eigenvalue weighted by molar-refractivity contribution is 6.09. The third kappa shape index (κ3) is 3.61. The highest BCUT2D eigenvalue weighted by Gasteiger charge is 2.33. The third-order valence-corrected chi connectivity index (χ3v) is 6.98. The standard InChI is InChI=1S/C29H24N2O6/c1-12-7-17(28(34)35)8-16-9-18-25(23(12)16)13(2)24(14-3-5-21(32)19(30)10-14)27(29(36)37)26(18)15-4-6-22(33)20(31)11-15/h3-8,10-11,32-33H,9,30-31H2,1-2H3,(H,34,35)(H,36,37). The SMILES string of the molecule is Cc1cc(C(=O)O)cc2c1-c1c(C)c(-c3ccc(O)c(N)c3)c(C(=O)O)c(-c3ccc(O)c(N)c3)c1C2. The van der Waals surface area contributed by atoms with E-state index in [2.05, 4.69) is 0 Å². The smallest absolute Gasteiger partial charge is 0.336 e. The maximum absolute atomic E-state index is 12.9. The number of anilines is 2. The monoisotopic (exact) mass is 496 g/mol. The van der Waals surface area contributed by atoms with Crippen LogP contribution in [0.2, 0.25) is 0 Å². The number of nitrogens with two attached hydrogens (primary N) is 2. The van der Waals surface area contributed by atoms with E-state index in [4.69, 9.17) is 11.5 Å². The Morgan fingerprint density at radius 1 is 0.730 bits per heavy atom. The lowest BCUT2D eigenvalue weighted by Crippen LogP contribution is -2.09. The van der Waals surface area contributed by atoms with Crippen LogP contribution in [0, 0.1) is 13.8 Å². The number of fused-ring (bicyclic) bond motifs is 3. The van der Waals surface area contributed by atoms with Gasteiger partial charge in [0.15, 0.2) is 0 Å². The quantitative estimate of drug-likeness (QED) is 0.146. The fraction of sp³-hybridized carbons (Fsp3) is 0.103. The lowest BCUT2D eigenvalue weighted by molar-refractivity contribution is 0.0686. The Bertz CT molecular complexity index is 1670. The Labute approximate surface area is 212 Å². The summed E-state index contributed by atoms with van der Waals surface area (Å²) in [4.78, 5) is 24.6. The largest absolute Gasteiger partial charge is 0.506 e. The lowest BCUT2D eigenvalue weighted by atomic mass is 9.81. The minimum absolute atomic E-state index is 0.0235. The predicted molar refractivity (Wildman–Crippen MR) is 141 cm³/mol. The first kappa shape index (κ1) is 23.7. The number of carboxylic acids is 2. The summed E-state index contributed by atoms with van der Waals surface area (Å²) in [6.07, 6.45) is 0.321. The van der Waals surface area contributed by atoms with Gasteiger partial charge in [-0.25, -0.2) is 9.59 Å². The third-order valence-electron chi connectivity index (χ3n) is 6.98. The maximum Gasteiger partial charge on any atom is 0.336 e. The van der Waals surface area contributed by atoms with E-state index in [1.807, 2.05) is 13.8 Å². The molecule has 0 unspecified atom stereocenters. The number of phenols is 2. The van der Waals surface area contributed by atoms with Crippen molar-refractivity contribution in [3.63, 3.8) is 0 Å². The van der Waals surface area contributed by atoms with Crippen LogP contribution in [0.5, 0.6) is 11.5 Å². The van der Waals surface area contributed by atoms with E-state index < -0.39 is 11.9 Å². The van der Waals surface area contributed by atoms with Crippen LogP contribution in [0.4, 0.5) is 11.4 Å². The number of hydrogen-bond acceptors (Lipinski definition) is 6. The van der Waals surface area contributed by atoms with E-state index in [0.29, 0.717) is 34.2 Å². The Morgan fingerprint density at radius 2 is 1.30 bits per heavy atom. The van der Waals surface area contributed by atoms with Crippen molar-refractivity contribution < 1.29 is 30.0 Å². The van der Waals surface area contributed by atoms with E-state index in [9.17, 15) is 30.0 Å². The molecule has 0 spiro atoms. The summed E-state index contributed by atoms with van der Waals surface area (Å²) in [7, 11) is 0. The molecule has 4 aromatic carbocycles. The molecular weight excluding hydrogens is 472 g/mol. The molecule has 0 saturated heterocycles. The molecule has 0 radical (unpaired) electrons. The summed E-state index contributed by atoms with van der Waals surface area (Å²) in [6, 6.07) is 12.3. The molecule has 186 valence electrons. The highest BCUT2D eigenvalue weighted by atomic mass is 16.4. The molecule has 1 aliphatic rings. The van der Waals surface area contributed by atoms with Crippen LogP contribution in [-0.4, -0.2) is 32.4 Å². The summed E-state index contributed by atoms with van der Waals surface area (Å²) >= 11 is 0. The number of phenolic OH excluding ortho intramolecular Hbond substituents is 2. The Hall–Kier alpha value is -4.98. The van der Waals surface area contributed by atoms with Gasteiger partial charge in [-0.05, 0) is 101 Å². The van der Waals surface area contributed by atoms with Crippen molar-refractivity contribution in [2.24, 2.45) is 0 Å². The van der Waals surface area contributed by atoms with Gasteiger partial charge in [-0.3, -0.25) is 0 Å². The molecule has 0 bridgehead atoms. The molecule has 0 heterocycles. The Kier molecular flexibility index (Phi) is 5.33. The first-order chi connectivity index (χ1) is 17.5. The van der Waals surface area contributed by atoms with Crippen molar-refractivity contribution in [1.29, 1.82) is 0 Å². The number of aryl methyl sites for hydroxylation is 1. The zero-order valence-electron chi connectivity index (χ0n) is 20.1. The maximum atomic E-state index is 12.9. The number of aromatic hydroxyl groups is 2. The molecule has 8 heteroatoms. The zero-order valence-corrected chi connectivity index (χ0v) is 20.1. The second-order valence-electron chi connectivity index (χ2n) is 9.27. The van der Waals surface area contributed by atoms with Crippen molar-refractivity contribution in [3.05, 3.63) is 81.9 Å². The number of carboxylic acid groups (broad SMARTS) is 2. The van der Waals surface area contributed by atoms with E-state index in [-0.39, 0.29) is 34.0 Å². The van der Waals surface area contributed by atoms with Gasteiger partial charge in [0, 0.05) is 11.1 Å². The van der Waals surface area contributed by atoms with Gasteiger partial charge in [0.2, 0.25) is 0 Å². The summed E-state index contributed by atoms with van der Waals surface area (Å²) < 4.78 is 0. The summed E-state index contributed by atoms with van der Waals surface area (Å²) in [5.74, 6) is -2.46. The first-order valence-electron chi connectivity index (χ1n) is 11.5. The minimum atomic E-state index is -1.17. The van der Waals surface area contributed by atoms with E-state index >= 15 is 0 Å². The molecule has 5 rings (SSSR count). The first-order valence-corrected chi connectivity index (χ1v) is 11.5. The molecule has 0 saturated carbocycles. The van der Waals surface area contributed by atoms with Crippen LogP contribution in [0.25, 0.3) is 33.4 Å². The van der Waals surface area contributed by atoms with Gasteiger partial charge in [-0.15, -0.1) is 0 Å². The number of rotatable bonds is 4. The van der Waals surface area contributed by atoms with Crippen LogP contribution in [0.15, 0.2) is 48.5 Å².